The largest absolute Gasteiger partial charge is 0.493 e. The Bertz CT molecular complexity index is 890. The maximum atomic E-state index is 12.5. The van der Waals surface area contributed by atoms with E-state index in [1.54, 1.807) is 0 Å². The van der Waals surface area contributed by atoms with E-state index in [4.69, 9.17) is 9.47 Å². The molecule has 7 nitrogen and oxygen atoms in total. The van der Waals surface area contributed by atoms with E-state index in [0.29, 0.717) is 12.3 Å². The SMILES string of the molecule is CCOC(=O)c1nn(CCN(C)C)c2c1CN(Cc1ccc3c(c1)CCO3)CC2. The fraction of sp³-hybridized carbons (Fsp3) is 0.545. The maximum Gasteiger partial charge on any atom is 0.359 e. The first-order valence-corrected chi connectivity index (χ1v) is 10.4. The molecule has 3 heterocycles. The second-order valence-electron chi connectivity index (χ2n) is 8.02. The molecule has 0 amide bonds. The average Bonchev–Trinajstić information content (AvgIpc) is 3.30. The van der Waals surface area contributed by atoms with Gasteiger partial charge >= 0.3 is 5.97 Å². The van der Waals surface area contributed by atoms with E-state index in [9.17, 15) is 4.79 Å². The molecule has 0 saturated carbocycles. The molecule has 1 aromatic heterocycles. The lowest BCUT2D eigenvalue weighted by Crippen LogP contribution is -2.32. The normalized spacial score (nSPS) is 15.9. The molecule has 4 rings (SSSR count). The number of aromatic nitrogens is 2. The number of likely N-dealkylation sites (N-methyl/N-ethyl adjacent to an activating group) is 1. The number of carbonyl (C=O) groups excluding carboxylic acids is 1. The quantitative estimate of drug-likeness (QED) is 0.666. The Morgan fingerprint density at radius 1 is 1.31 bits per heavy atom. The van der Waals surface area contributed by atoms with Crippen molar-refractivity contribution in [3.8, 4) is 5.75 Å². The summed E-state index contributed by atoms with van der Waals surface area (Å²) in [6.07, 6.45) is 1.88. The zero-order valence-electron chi connectivity index (χ0n) is 17.6. The van der Waals surface area contributed by atoms with Crippen LogP contribution in [0.1, 0.15) is 39.8 Å². The summed E-state index contributed by atoms with van der Waals surface area (Å²) < 4.78 is 12.9. The van der Waals surface area contributed by atoms with Crippen molar-refractivity contribution in [3.05, 3.63) is 46.3 Å². The standard InChI is InChI=1S/C22H30N4O3/c1-4-28-22(27)21-18-15-25(9-7-19(18)26(23-21)11-10-24(2)3)14-16-5-6-20-17(13-16)8-12-29-20/h5-6,13H,4,7-12,14-15H2,1-3H3. The number of hydrogen-bond acceptors (Lipinski definition) is 6. The Morgan fingerprint density at radius 3 is 2.97 bits per heavy atom. The molecule has 7 heteroatoms. The van der Waals surface area contributed by atoms with E-state index < -0.39 is 0 Å². The third-order valence-corrected chi connectivity index (χ3v) is 5.60. The molecule has 0 atom stereocenters. The Labute approximate surface area is 172 Å². The molecule has 2 aliphatic rings. The molecule has 1 aromatic carbocycles. The Balaban J connectivity index is 1.54. The summed E-state index contributed by atoms with van der Waals surface area (Å²) in [4.78, 5) is 17.0. The fourth-order valence-electron chi connectivity index (χ4n) is 4.12. The smallest absolute Gasteiger partial charge is 0.359 e. The second kappa shape index (κ2) is 8.55. The second-order valence-corrected chi connectivity index (χ2v) is 8.02. The van der Waals surface area contributed by atoms with Gasteiger partial charge in [0.1, 0.15) is 5.75 Å². The van der Waals surface area contributed by atoms with Crippen LogP contribution in [-0.2, 0) is 37.2 Å². The summed E-state index contributed by atoms with van der Waals surface area (Å²) in [6.45, 7) is 7.17. The lowest BCUT2D eigenvalue weighted by atomic mass is 10.0. The highest BCUT2D eigenvalue weighted by atomic mass is 16.5. The van der Waals surface area contributed by atoms with Crippen molar-refractivity contribution in [2.24, 2.45) is 0 Å². The first kappa shape index (κ1) is 19.9. The van der Waals surface area contributed by atoms with Crippen molar-refractivity contribution in [2.45, 2.75) is 39.4 Å². The van der Waals surface area contributed by atoms with Crippen LogP contribution < -0.4 is 4.74 Å². The molecule has 0 bridgehead atoms. The number of fused-ring (bicyclic) bond motifs is 2. The Hall–Kier alpha value is -2.38. The molecule has 0 fully saturated rings. The van der Waals surface area contributed by atoms with E-state index in [-0.39, 0.29) is 5.97 Å². The molecule has 0 spiro atoms. The number of benzene rings is 1. The highest BCUT2D eigenvalue weighted by molar-refractivity contribution is 5.89. The first-order chi connectivity index (χ1) is 14.0. The van der Waals surface area contributed by atoms with Crippen molar-refractivity contribution in [2.75, 3.05) is 40.4 Å². The molecule has 2 aliphatic heterocycles. The van der Waals surface area contributed by atoms with E-state index in [1.807, 2.05) is 25.7 Å². The summed E-state index contributed by atoms with van der Waals surface area (Å²) in [7, 11) is 4.09. The lowest BCUT2D eigenvalue weighted by molar-refractivity contribution is 0.0515. The Kier molecular flexibility index (Phi) is 5.87. The van der Waals surface area contributed by atoms with Gasteiger partial charge in [0.25, 0.3) is 0 Å². The number of carbonyl (C=O) groups is 1. The molecule has 0 N–H and O–H groups in total. The van der Waals surface area contributed by atoms with Crippen LogP contribution >= 0.6 is 0 Å². The third kappa shape index (κ3) is 4.31. The van der Waals surface area contributed by atoms with Gasteiger partial charge in [-0.3, -0.25) is 9.58 Å². The number of hydrogen-bond donors (Lipinski definition) is 0. The van der Waals surface area contributed by atoms with Crippen molar-refractivity contribution in [1.29, 1.82) is 0 Å². The van der Waals surface area contributed by atoms with Crippen LogP contribution in [0.4, 0.5) is 0 Å². The predicted octanol–water partition coefficient (Wildman–Crippen LogP) is 2.11. The van der Waals surface area contributed by atoms with Crippen LogP contribution in [-0.4, -0.2) is 65.9 Å². The van der Waals surface area contributed by atoms with Crippen LogP contribution in [0.3, 0.4) is 0 Å². The lowest BCUT2D eigenvalue weighted by Gasteiger charge is -2.28. The van der Waals surface area contributed by atoms with Gasteiger partial charge in [-0.05, 0) is 38.2 Å². The zero-order chi connectivity index (χ0) is 20.4. The third-order valence-electron chi connectivity index (χ3n) is 5.60. The summed E-state index contributed by atoms with van der Waals surface area (Å²) in [6, 6.07) is 6.48. The molecule has 29 heavy (non-hydrogen) atoms. The van der Waals surface area contributed by atoms with E-state index in [2.05, 4.69) is 33.1 Å². The average molecular weight is 399 g/mol. The van der Waals surface area contributed by atoms with Gasteiger partial charge in [-0.1, -0.05) is 12.1 Å². The van der Waals surface area contributed by atoms with Gasteiger partial charge in [-0.15, -0.1) is 0 Å². The molecule has 0 saturated heterocycles. The molecule has 0 radical (unpaired) electrons. The summed E-state index contributed by atoms with van der Waals surface area (Å²) in [5.74, 6) is 0.699. The highest BCUT2D eigenvalue weighted by Gasteiger charge is 2.29. The van der Waals surface area contributed by atoms with Gasteiger partial charge < -0.3 is 14.4 Å². The zero-order valence-corrected chi connectivity index (χ0v) is 17.6. The van der Waals surface area contributed by atoms with Crippen molar-refractivity contribution >= 4 is 5.97 Å². The minimum Gasteiger partial charge on any atom is -0.493 e. The number of nitrogens with zero attached hydrogens (tertiary/aromatic N) is 4. The van der Waals surface area contributed by atoms with Crippen LogP contribution in [0, 0.1) is 0 Å². The topological polar surface area (TPSA) is 59.8 Å². The van der Waals surface area contributed by atoms with E-state index in [0.717, 1.165) is 63.5 Å². The number of esters is 1. The first-order valence-electron chi connectivity index (χ1n) is 10.4. The van der Waals surface area contributed by atoms with Crippen LogP contribution in [0.15, 0.2) is 18.2 Å². The van der Waals surface area contributed by atoms with Crippen molar-refractivity contribution < 1.29 is 14.3 Å². The van der Waals surface area contributed by atoms with Gasteiger partial charge in [0.15, 0.2) is 5.69 Å². The Morgan fingerprint density at radius 2 is 2.17 bits per heavy atom. The van der Waals surface area contributed by atoms with Crippen LogP contribution in [0.5, 0.6) is 5.75 Å². The highest BCUT2D eigenvalue weighted by Crippen LogP contribution is 2.28. The maximum absolute atomic E-state index is 12.5. The molecule has 156 valence electrons. The summed E-state index contributed by atoms with van der Waals surface area (Å²) >= 11 is 0. The molecule has 0 aliphatic carbocycles. The van der Waals surface area contributed by atoms with Gasteiger partial charge in [-0.2, -0.15) is 5.10 Å². The van der Waals surface area contributed by atoms with Gasteiger partial charge in [0, 0.05) is 50.3 Å². The minimum absolute atomic E-state index is 0.316. The molecule has 0 unspecified atom stereocenters. The molecular weight excluding hydrogens is 368 g/mol. The summed E-state index contributed by atoms with van der Waals surface area (Å²) in [5.41, 5.74) is 5.26. The molecular formula is C22H30N4O3. The summed E-state index contributed by atoms with van der Waals surface area (Å²) in [5, 5.41) is 4.64. The van der Waals surface area contributed by atoms with Gasteiger partial charge in [0.2, 0.25) is 0 Å². The number of ether oxygens (including phenoxy) is 2. The van der Waals surface area contributed by atoms with Gasteiger partial charge in [0.05, 0.1) is 19.8 Å². The minimum atomic E-state index is -0.316. The predicted molar refractivity (Wildman–Crippen MR) is 110 cm³/mol. The van der Waals surface area contributed by atoms with Gasteiger partial charge in [-0.25, -0.2) is 4.79 Å². The number of rotatable bonds is 7. The van der Waals surface area contributed by atoms with Crippen LogP contribution in [0.25, 0.3) is 0 Å². The fourth-order valence-corrected chi connectivity index (χ4v) is 4.12. The van der Waals surface area contributed by atoms with Crippen LogP contribution in [0.2, 0.25) is 0 Å². The van der Waals surface area contributed by atoms with Crippen molar-refractivity contribution in [3.63, 3.8) is 0 Å². The van der Waals surface area contributed by atoms with E-state index in [1.165, 1.54) is 16.8 Å². The monoisotopic (exact) mass is 398 g/mol. The van der Waals surface area contributed by atoms with E-state index >= 15 is 0 Å². The van der Waals surface area contributed by atoms with Crippen molar-refractivity contribution in [1.82, 2.24) is 19.6 Å². The molecule has 2 aromatic rings.